The Labute approximate surface area is 180 Å². The highest BCUT2D eigenvalue weighted by atomic mass is 16.5. The summed E-state index contributed by atoms with van der Waals surface area (Å²) in [5, 5.41) is 24.0. The number of carbonyl (C=O) groups excluding carboxylic acids is 1. The van der Waals surface area contributed by atoms with E-state index in [0.29, 0.717) is 13.0 Å². The van der Waals surface area contributed by atoms with Gasteiger partial charge < -0.3 is 20.3 Å². The van der Waals surface area contributed by atoms with Gasteiger partial charge >= 0.3 is 0 Å². The molecule has 3 atom stereocenters. The number of piperidine rings is 1. The van der Waals surface area contributed by atoms with Crippen molar-refractivity contribution in [3.8, 4) is 0 Å². The molecule has 2 fully saturated rings. The van der Waals surface area contributed by atoms with Gasteiger partial charge in [0.1, 0.15) is 5.60 Å². The summed E-state index contributed by atoms with van der Waals surface area (Å²) in [4.78, 5) is 15.0. The van der Waals surface area contributed by atoms with Crippen LogP contribution in [0.25, 0.3) is 0 Å². The average molecular weight is 419 g/mol. The fourth-order valence-corrected chi connectivity index (χ4v) is 4.92. The number of amides is 1. The molecule has 30 heavy (non-hydrogen) atoms. The van der Waals surface area contributed by atoms with Crippen molar-refractivity contribution in [1.29, 1.82) is 0 Å². The van der Waals surface area contributed by atoms with Crippen LogP contribution in [0.2, 0.25) is 0 Å². The normalized spacial score (nSPS) is 29.4. The summed E-state index contributed by atoms with van der Waals surface area (Å²) in [6, 6.07) is 10.5. The van der Waals surface area contributed by atoms with E-state index in [4.69, 9.17) is 4.74 Å². The molecular weight excluding hydrogens is 380 g/mol. The number of likely N-dealkylation sites (tertiary alicyclic amines) is 1. The van der Waals surface area contributed by atoms with Crippen LogP contribution in [0.4, 0.5) is 0 Å². The largest absolute Gasteiger partial charge is 0.393 e. The first-order valence-electron chi connectivity index (χ1n) is 11.3. The maximum Gasteiger partial charge on any atom is 0.251 e. The molecule has 3 N–H and O–H groups in total. The zero-order valence-electron chi connectivity index (χ0n) is 18.6. The summed E-state index contributed by atoms with van der Waals surface area (Å²) in [7, 11) is 1.55. The molecule has 1 amide bonds. The minimum atomic E-state index is -0.876. The molecular formula is C24H38N2O4. The lowest BCUT2D eigenvalue weighted by Gasteiger charge is -2.38. The summed E-state index contributed by atoms with van der Waals surface area (Å²) in [6.07, 6.45) is 4.22. The van der Waals surface area contributed by atoms with E-state index in [2.05, 4.69) is 22.3 Å². The molecule has 168 valence electrons. The van der Waals surface area contributed by atoms with Crippen LogP contribution in [0.5, 0.6) is 0 Å². The summed E-state index contributed by atoms with van der Waals surface area (Å²) >= 11 is 0. The molecule has 0 bridgehead atoms. The third-order valence-corrected chi connectivity index (χ3v) is 7.28. The standard InChI is InChI=1S/C24H38N2O4/c1-23(2,30-3)22(29)25-17-24(18-7-5-4-6-8-18)13-9-20(21(28)10-14-24)26-15-11-19(27)12-16-26/h4-8,19-21,27-28H,9-17H2,1-3H3,(H,25,29)/t20-,21-,24-/m0/s1. The molecule has 0 spiro atoms. The van der Waals surface area contributed by atoms with Crippen LogP contribution < -0.4 is 5.32 Å². The number of hydrogen-bond donors (Lipinski definition) is 3. The molecule has 1 heterocycles. The van der Waals surface area contributed by atoms with Crippen molar-refractivity contribution in [3.63, 3.8) is 0 Å². The van der Waals surface area contributed by atoms with Crippen LogP contribution in [0, 0.1) is 0 Å². The lowest BCUT2D eigenvalue weighted by Crippen LogP contribution is -2.49. The van der Waals surface area contributed by atoms with Gasteiger partial charge in [-0.15, -0.1) is 0 Å². The van der Waals surface area contributed by atoms with E-state index in [1.165, 1.54) is 5.56 Å². The van der Waals surface area contributed by atoms with Crippen LogP contribution in [0.15, 0.2) is 30.3 Å². The summed E-state index contributed by atoms with van der Waals surface area (Å²) in [5.41, 5.74) is 0.118. The number of ether oxygens (including phenoxy) is 1. The topological polar surface area (TPSA) is 82.0 Å². The Morgan fingerprint density at radius 2 is 1.77 bits per heavy atom. The monoisotopic (exact) mass is 418 g/mol. The van der Waals surface area contributed by atoms with Crippen molar-refractivity contribution in [3.05, 3.63) is 35.9 Å². The van der Waals surface area contributed by atoms with Gasteiger partial charge in [-0.2, -0.15) is 0 Å². The lowest BCUT2D eigenvalue weighted by atomic mass is 9.74. The first kappa shape index (κ1) is 23.2. The zero-order valence-corrected chi connectivity index (χ0v) is 18.6. The minimum absolute atomic E-state index is 0.106. The van der Waals surface area contributed by atoms with Crippen molar-refractivity contribution >= 4 is 5.91 Å². The molecule has 1 aliphatic carbocycles. The average Bonchev–Trinajstić information content (AvgIpc) is 2.93. The Morgan fingerprint density at radius 1 is 1.13 bits per heavy atom. The number of rotatable bonds is 6. The molecule has 0 aromatic heterocycles. The lowest BCUT2D eigenvalue weighted by molar-refractivity contribution is -0.139. The third kappa shape index (κ3) is 5.22. The summed E-state index contributed by atoms with van der Waals surface area (Å²) in [5.74, 6) is -0.119. The van der Waals surface area contributed by atoms with Crippen molar-refractivity contribution in [2.75, 3.05) is 26.7 Å². The van der Waals surface area contributed by atoms with Gasteiger partial charge in [0, 0.05) is 38.2 Å². The minimum Gasteiger partial charge on any atom is -0.393 e. The predicted molar refractivity (Wildman–Crippen MR) is 117 cm³/mol. The second-order valence-corrected chi connectivity index (χ2v) is 9.52. The SMILES string of the molecule is COC(C)(C)C(=O)NC[C@@]1(c2ccccc2)CC[C@H](O)[C@@H](N2CCC(O)CC2)CC1. The smallest absolute Gasteiger partial charge is 0.251 e. The van der Waals surface area contributed by atoms with E-state index in [0.717, 1.165) is 45.2 Å². The highest BCUT2D eigenvalue weighted by Gasteiger charge is 2.41. The van der Waals surface area contributed by atoms with E-state index >= 15 is 0 Å². The van der Waals surface area contributed by atoms with Crippen molar-refractivity contribution in [2.24, 2.45) is 0 Å². The van der Waals surface area contributed by atoms with Gasteiger partial charge in [0.25, 0.3) is 5.91 Å². The van der Waals surface area contributed by atoms with Crippen LogP contribution in [-0.2, 0) is 14.9 Å². The number of benzene rings is 1. The molecule has 6 heteroatoms. The van der Waals surface area contributed by atoms with Gasteiger partial charge in [-0.05, 0) is 57.9 Å². The van der Waals surface area contributed by atoms with Crippen molar-refractivity contribution in [1.82, 2.24) is 10.2 Å². The van der Waals surface area contributed by atoms with Crippen LogP contribution in [0.3, 0.4) is 0 Å². The Kier molecular flexibility index (Phi) is 7.56. The maximum atomic E-state index is 12.7. The Hall–Kier alpha value is -1.47. The van der Waals surface area contributed by atoms with Crippen LogP contribution in [0.1, 0.15) is 57.9 Å². The van der Waals surface area contributed by atoms with E-state index in [1.54, 1.807) is 21.0 Å². The fraction of sp³-hybridized carbons (Fsp3) is 0.708. The van der Waals surface area contributed by atoms with Crippen molar-refractivity contribution in [2.45, 2.75) is 81.6 Å². The van der Waals surface area contributed by atoms with E-state index in [-0.39, 0.29) is 23.5 Å². The van der Waals surface area contributed by atoms with Crippen molar-refractivity contribution < 1.29 is 19.7 Å². The number of hydrogen-bond acceptors (Lipinski definition) is 5. The molecule has 1 aromatic carbocycles. The molecule has 1 saturated carbocycles. The molecule has 0 radical (unpaired) electrons. The van der Waals surface area contributed by atoms with Gasteiger partial charge in [0.15, 0.2) is 0 Å². The van der Waals surface area contributed by atoms with Crippen LogP contribution >= 0.6 is 0 Å². The Morgan fingerprint density at radius 3 is 2.40 bits per heavy atom. The first-order valence-corrected chi connectivity index (χ1v) is 11.3. The Bertz CT molecular complexity index is 688. The predicted octanol–water partition coefficient (Wildman–Crippen LogP) is 2.23. The summed E-state index contributed by atoms with van der Waals surface area (Å²) < 4.78 is 5.35. The molecule has 2 aliphatic rings. The van der Waals surface area contributed by atoms with Gasteiger partial charge in [0.05, 0.1) is 12.2 Å². The molecule has 1 aromatic rings. The van der Waals surface area contributed by atoms with Gasteiger partial charge in [-0.25, -0.2) is 0 Å². The van der Waals surface area contributed by atoms with E-state index < -0.39 is 11.7 Å². The quantitative estimate of drug-likeness (QED) is 0.617. The number of methoxy groups -OCH3 is 1. The van der Waals surface area contributed by atoms with Gasteiger partial charge in [-0.3, -0.25) is 9.69 Å². The number of aliphatic hydroxyl groups excluding tert-OH is 2. The molecule has 1 aliphatic heterocycles. The first-order chi connectivity index (χ1) is 14.3. The maximum absolute atomic E-state index is 12.7. The fourth-order valence-electron chi connectivity index (χ4n) is 4.92. The Balaban J connectivity index is 1.78. The molecule has 3 rings (SSSR count). The summed E-state index contributed by atoms with van der Waals surface area (Å²) in [6.45, 7) is 5.74. The number of nitrogens with zero attached hydrogens (tertiary/aromatic N) is 1. The van der Waals surface area contributed by atoms with Gasteiger partial charge in [-0.1, -0.05) is 30.3 Å². The van der Waals surface area contributed by atoms with Gasteiger partial charge in [0.2, 0.25) is 0 Å². The highest BCUT2D eigenvalue weighted by molar-refractivity contribution is 5.84. The number of carbonyl (C=O) groups is 1. The second kappa shape index (κ2) is 9.77. The highest BCUT2D eigenvalue weighted by Crippen LogP contribution is 2.39. The van der Waals surface area contributed by atoms with E-state index in [9.17, 15) is 15.0 Å². The molecule has 1 saturated heterocycles. The number of nitrogens with one attached hydrogen (secondary N) is 1. The van der Waals surface area contributed by atoms with Crippen LogP contribution in [-0.4, -0.2) is 71.6 Å². The molecule has 6 nitrogen and oxygen atoms in total. The molecule has 0 unspecified atom stereocenters. The third-order valence-electron chi connectivity index (χ3n) is 7.28. The number of aliphatic hydroxyl groups is 2. The zero-order chi connectivity index (χ0) is 21.8. The van der Waals surface area contributed by atoms with E-state index in [1.807, 2.05) is 18.2 Å². The second-order valence-electron chi connectivity index (χ2n) is 9.52.